The number of hydrogen-bond donors (Lipinski definition) is 1. The minimum absolute atomic E-state index is 0.0231. The highest BCUT2D eigenvalue weighted by Gasteiger charge is 2.11. The number of benzene rings is 1. The third-order valence-corrected chi connectivity index (χ3v) is 3.53. The minimum Gasteiger partial charge on any atom is -0.494 e. The molecule has 5 heteroatoms. The third kappa shape index (κ3) is 7.68. The Bertz CT molecular complexity index is 486. The van der Waals surface area contributed by atoms with Crippen molar-refractivity contribution in [2.45, 2.75) is 46.5 Å². The molecule has 0 spiro atoms. The Morgan fingerprint density at radius 3 is 2.35 bits per heavy atom. The molecule has 0 heterocycles. The van der Waals surface area contributed by atoms with E-state index < -0.39 is 0 Å². The van der Waals surface area contributed by atoms with Gasteiger partial charge in [0.05, 0.1) is 6.61 Å². The summed E-state index contributed by atoms with van der Waals surface area (Å²) < 4.78 is 5.36. The molecular formula is C18H28N2O3. The van der Waals surface area contributed by atoms with Crippen molar-refractivity contribution in [3.8, 4) is 5.75 Å². The first-order valence-electron chi connectivity index (χ1n) is 8.35. The van der Waals surface area contributed by atoms with E-state index in [1.54, 1.807) is 11.8 Å². The molecule has 0 bridgehead atoms. The van der Waals surface area contributed by atoms with Crippen LogP contribution in [0.1, 0.15) is 46.5 Å². The monoisotopic (exact) mass is 320 g/mol. The van der Waals surface area contributed by atoms with Gasteiger partial charge in [-0.2, -0.15) is 0 Å². The lowest BCUT2D eigenvalue weighted by atomic mass is 10.2. The predicted molar refractivity (Wildman–Crippen MR) is 92.6 cm³/mol. The Morgan fingerprint density at radius 1 is 1.09 bits per heavy atom. The Morgan fingerprint density at radius 2 is 1.78 bits per heavy atom. The van der Waals surface area contributed by atoms with Crippen LogP contribution in [-0.2, 0) is 9.59 Å². The molecule has 1 rings (SSSR count). The van der Waals surface area contributed by atoms with Gasteiger partial charge in [-0.15, -0.1) is 0 Å². The van der Waals surface area contributed by atoms with E-state index in [0.717, 1.165) is 37.2 Å². The maximum absolute atomic E-state index is 12.0. The van der Waals surface area contributed by atoms with Crippen LogP contribution in [0.25, 0.3) is 0 Å². The maximum atomic E-state index is 12.0. The number of carbonyl (C=O) groups is 2. The first-order valence-corrected chi connectivity index (χ1v) is 8.35. The highest BCUT2D eigenvalue weighted by atomic mass is 16.5. The number of nitrogens with zero attached hydrogens (tertiary/aromatic N) is 1. The highest BCUT2D eigenvalue weighted by Crippen LogP contribution is 2.15. The molecule has 2 amide bonds. The van der Waals surface area contributed by atoms with Crippen LogP contribution in [0.15, 0.2) is 24.3 Å². The zero-order valence-electron chi connectivity index (χ0n) is 14.4. The molecule has 1 N–H and O–H groups in total. The average Bonchev–Trinajstić information content (AvgIpc) is 2.52. The van der Waals surface area contributed by atoms with E-state index in [2.05, 4.69) is 12.2 Å². The summed E-state index contributed by atoms with van der Waals surface area (Å²) in [6.07, 6.45) is 3.50. The lowest BCUT2D eigenvalue weighted by molar-refractivity contribution is -0.129. The van der Waals surface area contributed by atoms with Gasteiger partial charge in [0.1, 0.15) is 5.75 Å². The summed E-state index contributed by atoms with van der Waals surface area (Å²) in [5.74, 6) is 0.718. The van der Waals surface area contributed by atoms with Gasteiger partial charge >= 0.3 is 0 Å². The molecule has 23 heavy (non-hydrogen) atoms. The van der Waals surface area contributed by atoms with Crippen molar-refractivity contribution in [2.75, 3.05) is 25.0 Å². The van der Waals surface area contributed by atoms with Crippen LogP contribution < -0.4 is 10.1 Å². The van der Waals surface area contributed by atoms with Crippen molar-refractivity contribution in [2.24, 2.45) is 0 Å². The van der Waals surface area contributed by atoms with E-state index in [9.17, 15) is 9.59 Å². The summed E-state index contributed by atoms with van der Waals surface area (Å²) >= 11 is 0. The number of nitrogens with one attached hydrogen (secondary N) is 1. The summed E-state index contributed by atoms with van der Waals surface area (Å²) in [6, 6.07) is 7.28. The Hall–Kier alpha value is -2.04. The number of anilines is 1. The van der Waals surface area contributed by atoms with Gasteiger partial charge in [0.2, 0.25) is 11.8 Å². The molecule has 0 fully saturated rings. The van der Waals surface area contributed by atoms with Crippen molar-refractivity contribution in [3.05, 3.63) is 24.3 Å². The van der Waals surface area contributed by atoms with E-state index >= 15 is 0 Å². The minimum atomic E-state index is -0.0871. The van der Waals surface area contributed by atoms with E-state index in [4.69, 9.17) is 4.74 Å². The van der Waals surface area contributed by atoms with Crippen molar-refractivity contribution in [3.63, 3.8) is 0 Å². The molecule has 0 unspecified atom stereocenters. The smallest absolute Gasteiger partial charge is 0.226 e. The second kappa shape index (κ2) is 10.6. The number of amides is 2. The van der Waals surface area contributed by atoms with Gasteiger partial charge in [-0.1, -0.05) is 19.8 Å². The van der Waals surface area contributed by atoms with Gasteiger partial charge in [0.15, 0.2) is 0 Å². The third-order valence-electron chi connectivity index (χ3n) is 3.53. The molecule has 1 aromatic rings. The lowest BCUT2D eigenvalue weighted by Crippen LogP contribution is -2.32. The zero-order chi connectivity index (χ0) is 17.1. The molecule has 0 aliphatic heterocycles. The largest absolute Gasteiger partial charge is 0.494 e. The molecule has 1 aromatic carbocycles. The molecule has 128 valence electrons. The molecule has 0 saturated heterocycles. The van der Waals surface area contributed by atoms with Crippen LogP contribution >= 0.6 is 0 Å². The van der Waals surface area contributed by atoms with Gasteiger partial charge in [-0.25, -0.2) is 0 Å². The van der Waals surface area contributed by atoms with Gasteiger partial charge in [0.25, 0.3) is 0 Å². The molecule has 0 aliphatic rings. The Kier molecular flexibility index (Phi) is 8.80. The second-order valence-electron chi connectivity index (χ2n) is 5.47. The molecular weight excluding hydrogens is 292 g/mol. The number of hydrogen-bond acceptors (Lipinski definition) is 3. The van der Waals surface area contributed by atoms with Crippen LogP contribution in [0, 0.1) is 0 Å². The molecule has 5 nitrogen and oxygen atoms in total. The number of unbranched alkanes of at least 4 members (excludes halogenated alkanes) is 2. The fourth-order valence-corrected chi connectivity index (χ4v) is 2.24. The first-order chi connectivity index (χ1) is 11.1. The van der Waals surface area contributed by atoms with Crippen LogP contribution in [0.2, 0.25) is 0 Å². The molecule has 0 atom stereocenters. The number of ether oxygens (including phenoxy) is 1. The van der Waals surface area contributed by atoms with Gasteiger partial charge < -0.3 is 15.0 Å². The SMILES string of the molecule is CCCCCN(CCC(=O)Nc1ccc(OCC)cc1)C(C)=O. The zero-order valence-corrected chi connectivity index (χ0v) is 14.4. The number of rotatable bonds is 10. The van der Waals surface area contributed by atoms with Crippen LogP contribution in [-0.4, -0.2) is 36.4 Å². The fraction of sp³-hybridized carbons (Fsp3) is 0.556. The second-order valence-corrected chi connectivity index (χ2v) is 5.47. The van der Waals surface area contributed by atoms with Crippen LogP contribution in [0.4, 0.5) is 5.69 Å². The Balaban J connectivity index is 2.40. The van der Waals surface area contributed by atoms with Crippen molar-refractivity contribution in [1.29, 1.82) is 0 Å². The van der Waals surface area contributed by atoms with Crippen molar-refractivity contribution >= 4 is 17.5 Å². The van der Waals surface area contributed by atoms with E-state index in [0.29, 0.717) is 19.6 Å². The lowest BCUT2D eigenvalue weighted by Gasteiger charge is -2.20. The summed E-state index contributed by atoms with van der Waals surface area (Å²) in [7, 11) is 0. The molecule has 0 aliphatic carbocycles. The van der Waals surface area contributed by atoms with E-state index in [1.807, 2.05) is 31.2 Å². The number of carbonyl (C=O) groups excluding carboxylic acids is 2. The topological polar surface area (TPSA) is 58.6 Å². The quantitative estimate of drug-likeness (QED) is 0.672. The van der Waals surface area contributed by atoms with Crippen molar-refractivity contribution in [1.82, 2.24) is 4.90 Å². The van der Waals surface area contributed by atoms with Crippen LogP contribution in [0.3, 0.4) is 0 Å². The Labute approximate surface area is 139 Å². The average molecular weight is 320 g/mol. The molecule has 0 radical (unpaired) electrons. The molecule has 0 saturated carbocycles. The summed E-state index contributed by atoms with van der Waals surface area (Å²) in [6.45, 7) is 7.40. The summed E-state index contributed by atoms with van der Waals surface area (Å²) in [4.78, 5) is 25.3. The summed E-state index contributed by atoms with van der Waals surface area (Å²) in [5.41, 5.74) is 0.735. The van der Waals surface area contributed by atoms with Crippen molar-refractivity contribution < 1.29 is 14.3 Å². The van der Waals surface area contributed by atoms with Crippen LogP contribution in [0.5, 0.6) is 5.75 Å². The van der Waals surface area contributed by atoms with Gasteiger partial charge in [-0.3, -0.25) is 9.59 Å². The van der Waals surface area contributed by atoms with Gasteiger partial charge in [-0.05, 0) is 37.6 Å². The normalized spacial score (nSPS) is 10.2. The van der Waals surface area contributed by atoms with E-state index in [1.165, 1.54) is 0 Å². The standard InChI is InChI=1S/C18H28N2O3/c1-4-6-7-13-20(15(3)21)14-12-18(22)19-16-8-10-17(11-9-16)23-5-2/h8-11H,4-7,12-14H2,1-3H3,(H,19,22). The van der Waals surface area contributed by atoms with E-state index in [-0.39, 0.29) is 11.8 Å². The maximum Gasteiger partial charge on any atom is 0.226 e. The highest BCUT2D eigenvalue weighted by molar-refractivity contribution is 5.91. The molecule has 0 aromatic heterocycles. The predicted octanol–water partition coefficient (Wildman–Crippen LogP) is 3.45. The fourth-order valence-electron chi connectivity index (χ4n) is 2.24. The summed E-state index contributed by atoms with van der Waals surface area (Å²) in [5, 5.41) is 2.84. The first kappa shape index (κ1) is 19.0. The van der Waals surface area contributed by atoms with Gasteiger partial charge in [0, 0.05) is 32.1 Å².